The van der Waals surface area contributed by atoms with Crippen molar-refractivity contribution in [3.05, 3.63) is 35.4 Å². The number of hydrogen-bond acceptors (Lipinski definition) is 5. The summed E-state index contributed by atoms with van der Waals surface area (Å²) in [4.78, 5) is 11.9. The number of ether oxygens (including phenoxy) is 1. The zero-order chi connectivity index (χ0) is 18.4. The Bertz CT molecular complexity index is 634. The minimum atomic E-state index is -0.686. The van der Waals surface area contributed by atoms with Crippen molar-refractivity contribution in [2.45, 2.75) is 52.0 Å². The number of nitrogens with zero attached hydrogens (tertiary/aromatic N) is 1. The Labute approximate surface area is 149 Å². The molecule has 2 rings (SSSR count). The quantitative estimate of drug-likeness (QED) is 0.723. The Hall–Kier alpha value is -1.94. The first-order valence-corrected chi connectivity index (χ1v) is 8.57. The van der Waals surface area contributed by atoms with Gasteiger partial charge in [0.1, 0.15) is 6.10 Å². The minimum absolute atomic E-state index is 0.0342. The van der Waals surface area contributed by atoms with Crippen LogP contribution in [0.25, 0.3) is 0 Å². The average Bonchev–Trinajstić information content (AvgIpc) is 2.90. The number of nitriles is 1. The second-order valence-electron chi connectivity index (χ2n) is 7.70. The molecule has 1 aromatic carbocycles. The van der Waals surface area contributed by atoms with Crippen molar-refractivity contribution in [2.24, 2.45) is 5.41 Å². The van der Waals surface area contributed by atoms with Crippen molar-refractivity contribution in [2.75, 3.05) is 13.2 Å². The molecule has 0 saturated carbocycles. The normalized spacial score (nSPS) is 23.2. The van der Waals surface area contributed by atoms with E-state index in [0.29, 0.717) is 31.7 Å². The highest BCUT2D eigenvalue weighted by Crippen LogP contribution is 2.18. The number of carbonyl (C=O) groups excluding carboxylic acids is 1. The van der Waals surface area contributed by atoms with Crippen LogP contribution in [0, 0.1) is 16.7 Å². The molecule has 6 nitrogen and oxygen atoms in total. The highest BCUT2D eigenvalue weighted by molar-refractivity contribution is 5.76. The molecule has 136 valence electrons. The molecule has 1 aromatic rings. The minimum Gasteiger partial charge on any atom is -0.389 e. The lowest BCUT2D eigenvalue weighted by Gasteiger charge is -2.21. The molecule has 0 radical (unpaired) electrons. The molecule has 1 saturated heterocycles. The number of carbonyl (C=O) groups is 1. The number of aliphatic hydroxyl groups excluding tert-OH is 1. The van der Waals surface area contributed by atoms with Gasteiger partial charge in [-0.25, -0.2) is 0 Å². The lowest BCUT2D eigenvalue weighted by atomic mass is 9.92. The van der Waals surface area contributed by atoms with Crippen LogP contribution in [-0.4, -0.2) is 42.4 Å². The largest absolute Gasteiger partial charge is 0.389 e. The smallest absolute Gasteiger partial charge is 0.220 e. The van der Waals surface area contributed by atoms with Crippen LogP contribution in [-0.2, 0) is 16.1 Å². The van der Waals surface area contributed by atoms with E-state index < -0.39 is 12.2 Å². The van der Waals surface area contributed by atoms with Gasteiger partial charge in [0.25, 0.3) is 0 Å². The summed E-state index contributed by atoms with van der Waals surface area (Å²) in [6, 6.07) is 9.26. The molecule has 25 heavy (non-hydrogen) atoms. The second kappa shape index (κ2) is 8.43. The van der Waals surface area contributed by atoms with E-state index >= 15 is 0 Å². The fourth-order valence-electron chi connectivity index (χ4n) is 2.80. The van der Waals surface area contributed by atoms with Gasteiger partial charge in [-0.3, -0.25) is 4.79 Å². The maximum absolute atomic E-state index is 11.9. The molecular weight excluding hydrogens is 318 g/mol. The van der Waals surface area contributed by atoms with Gasteiger partial charge in [0.05, 0.1) is 30.4 Å². The van der Waals surface area contributed by atoms with Crippen molar-refractivity contribution in [3.63, 3.8) is 0 Å². The average molecular weight is 345 g/mol. The number of rotatable bonds is 6. The Morgan fingerprint density at radius 2 is 2.20 bits per heavy atom. The van der Waals surface area contributed by atoms with Gasteiger partial charge in [0.2, 0.25) is 5.91 Å². The summed E-state index contributed by atoms with van der Waals surface area (Å²) >= 11 is 0. The lowest BCUT2D eigenvalue weighted by molar-refractivity contribution is -0.123. The highest BCUT2D eigenvalue weighted by atomic mass is 16.5. The highest BCUT2D eigenvalue weighted by Gasteiger charge is 2.35. The lowest BCUT2D eigenvalue weighted by Crippen LogP contribution is -2.44. The number of aliphatic hydroxyl groups is 1. The molecule has 0 bridgehead atoms. The molecule has 0 aromatic heterocycles. The zero-order valence-electron chi connectivity index (χ0n) is 15.1. The fraction of sp³-hybridized carbons (Fsp3) is 0.579. The van der Waals surface area contributed by atoms with Gasteiger partial charge in [0, 0.05) is 19.5 Å². The van der Waals surface area contributed by atoms with Crippen molar-refractivity contribution in [1.82, 2.24) is 10.6 Å². The Kier molecular flexibility index (Phi) is 6.54. The SMILES string of the molecule is CC(C)(C)CC(=O)NC[C@H]1OC[C@@H](NCc2cccc(C#N)c2)[C@@H]1O. The predicted molar refractivity (Wildman–Crippen MR) is 94.6 cm³/mol. The molecule has 6 heteroatoms. The molecule has 1 heterocycles. The van der Waals surface area contributed by atoms with Crippen LogP contribution in [0.4, 0.5) is 0 Å². The second-order valence-corrected chi connectivity index (χ2v) is 7.70. The number of nitrogens with one attached hydrogen (secondary N) is 2. The Morgan fingerprint density at radius 1 is 1.44 bits per heavy atom. The number of amides is 1. The van der Waals surface area contributed by atoms with E-state index in [9.17, 15) is 9.90 Å². The van der Waals surface area contributed by atoms with E-state index in [2.05, 4.69) is 16.7 Å². The summed E-state index contributed by atoms with van der Waals surface area (Å²) in [6.45, 7) is 7.26. The van der Waals surface area contributed by atoms with Gasteiger partial charge < -0.3 is 20.5 Å². The van der Waals surface area contributed by atoms with Crippen LogP contribution < -0.4 is 10.6 Å². The third kappa shape index (κ3) is 6.13. The first kappa shape index (κ1) is 19.4. The van der Waals surface area contributed by atoms with Crippen LogP contribution in [0.5, 0.6) is 0 Å². The molecule has 1 fully saturated rings. The monoisotopic (exact) mass is 345 g/mol. The first-order valence-electron chi connectivity index (χ1n) is 8.57. The molecule has 1 aliphatic heterocycles. The van der Waals surface area contributed by atoms with Crippen molar-refractivity contribution >= 4 is 5.91 Å². The third-order valence-electron chi connectivity index (χ3n) is 4.10. The Balaban J connectivity index is 1.78. The summed E-state index contributed by atoms with van der Waals surface area (Å²) in [5.74, 6) is -0.0342. The summed E-state index contributed by atoms with van der Waals surface area (Å²) in [6.07, 6.45) is -0.659. The molecule has 3 N–H and O–H groups in total. The Morgan fingerprint density at radius 3 is 2.88 bits per heavy atom. The van der Waals surface area contributed by atoms with Gasteiger partial charge in [-0.15, -0.1) is 0 Å². The maximum atomic E-state index is 11.9. The zero-order valence-corrected chi connectivity index (χ0v) is 15.1. The summed E-state index contributed by atoms with van der Waals surface area (Å²) < 4.78 is 5.61. The number of hydrogen-bond donors (Lipinski definition) is 3. The van der Waals surface area contributed by atoms with Gasteiger partial charge in [-0.2, -0.15) is 5.26 Å². The molecule has 1 amide bonds. The van der Waals surface area contributed by atoms with Gasteiger partial charge in [-0.1, -0.05) is 32.9 Å². The predicted octanol–water partition coefficient (Wildman–Crippen LogP) is 1.33. The van der Waals surface area contributed by atoms with E-state index in [1.807, 2.05) is 39.0 Å². The fourth-order valence-corrected chi connectivity index (χ4v) is 2.80. The van der Waals surface area contributed by atoms with E-state index in [1.54, 1.807) is 6.07 Å². The summed E-state index contributed by atoms with van der Waals surface area (Å²) in [5, 5.41) is 25.4. The van der Waals surface area contributed by atoms with E-state index in [1.165, 1.54) is 0 Å². The summed E-state index contributed by atoms with van der Waals surface area (Å²) in [5.41, 5.74) is 1.52. The maximum Gasteiger partial charge on any atom is 0.220 e. The van der Waals surface area contributed by atoms with E-state index in [0.717, 1.165) is 5.56 Å². The molecule has 3 atom stereocenters. The number of benzene rings is 1. The van der Waals surface area contributed by atoms with Crippen LogP contribution in [0.2, 0.25) is 0 Å². The third-order valence-corrected chi connectivity index (χ3v) is 4.10. The van der Waals surface area contributed by atoms with Crippen molar-refractivity contribution in [3.8, 4) is 6.07 Å². The molecular formula is C19H27N3O3. The van der Waals surface area contributed by atoms with Crippen LogP contribution >= 0.6 is 0 Å². The molecule has 0 aliphatic carbocycles. The van der Waals surface area contributed by atoms with E-state index in [4.69, 9.17) is 10.00 Å². The standard InChI is InChI=1S/C19H27N3O3/c1-19(2,3)8-17(23)22-11-16-18(24)15(12-25-16)21-10-14-6-4-5-13(7-14)9-20/h4-7,15-16,18,21,24H,8,10-12H2,1-3H3,(H,22,23)/t15-,16-,18+/m1/s1. The molecule has 0 spiro atoms. The van der Waals surface area contributed by atoms with Crippen molar-refractivity contribution in [1.29, 1.82) is 5.26 Å². The van der Waals surface area contributed by atoms with Crippen LogP contribution in [0.15, 0.2) is 24.3 Å². The van der Waals surface area contributed by atoms with Crippen LogP contribution in [0.1, 0.15) is 38.3 Å². The molecule has 0 unspecified atom stereocenters. The van der Waals surface area contributed by atoms with Gasteiger partial charge >= 0.3 is 0 Å². The topological polar surface area (TPSA) is 94.4 Å². The van der Waals surface area contributed by atoms with Gasteiger partial charge in [-0.05, 0) is 23.1 Å². The van der Waals surface area contributed by atoms with Crippen molar-refractivity contribution < 1.29 is 14.6 Å². The molecule has 1 aliphatic rings. The summed E-state index contributed by atoms with van der Waals surface area (Å²) in [7, 11) is 0. The van der Waals surface area contributed by atoms with Crippen LogP contribution in [0.3, 0.4) is 0 Å². The van der Waals surface area contributed by atoms with E-state index in [-0.39, 0.29) is 17.4 Å². The van der Waals surface area contributed by atoms with Gasteiger partial charge in [0.15, 0.2) is 0 Å². The first-order chi connectivity index (χ1) is 11.8.